The predicted molar refractivity (Wildman–Crippen MR) is 91.6 cm³/mol. The first-order valence-corrected chi connectivity index (χ1v) is 9.17. The lowest BCUT2D eigenvalue weighted by Crippen LogP contribution is -2.50. The standard InChI is InChI=1S/C19H24N2O4/c22-18(11-14-3-1-2-4-14)20-7-9-21(10-8-20)19(23)15-5-6-16-17(12-15)25-13-24-16/h5-6,12,14H,1-4,7-11,13H2. The number of rotatable bonds is 3. The summed E-state index contributed by atoms with van der Waals surface area (Å²) >= 11 is 0. The number of hydrogen-bond acceptors (Lipinski definition) is 4. The molecule has 2 amide bonds. The van der Waals surface area contributed by atoms with Gasteiger partial charge in [-0.2, -0.15) is 0 Å². The van der Waals surface area contributed by atoms with E-state index in [1.807, 2.05) is 9.80 Å². The molecule has 2 fully saturated rings. The van der Waals surface area contributed by atoms with E-state index in [9.17, 15) is 9.59 Å². The maximum Gasteiger partial charge on any atom is 0.254 e. The van der Waals surface area contributed by atoms with Crippen LogP contribution in [0, 0.1) is 5.92 Å². The molecule has 0 unspecified atom stereocenters. The summed E-state index contributed by atoms with van der Waals surface area (Å²) in [6.07, 6.45) is 5.57. The molecule has 0 spiro atoms. The number of piperazine rings is 1. The number of carbonyl (C=O) groups is 2. The maximum atomic E-state index is 12.7. The number of carbonyl (C=O) groups excluding carboxylic acids is 2. The monoisotopic (exact) mass is 344 g/mol. The summed E-state index contributed by atoms with van der Waals surface area (Å²) in [5, 5.41) is 0. The Morgan fingerprint density at radius 3 is 2.40 bits per heavy atom. The molecule has 1 aromatic rings. The van der Waals surface area contributed by atoms with E-state index in [1.54, 1.807) is 18.2 Å². The fraction of sp³-hybridized carbons (Fsp3) is 0.579. The Morgan fingerprint density at radius 1 is 0.960 bits per heavy atom. The van der Waals surface area contributed by atoms with E-state index in [4.69, 9.17) is 9.47 Å². The minimum absolute atomic E-state index is 0.0128. The summed E-state index contributed by atoms with van der Waals surface area (Å²) in [7, 11) is 0. The zero-order valence-corrected chi connectivity index (χ0v) is 14.4. The molecule has 2 heterocycles. The highest BCUT2D eigenvalue weighted by Gasteiger charge is 2.28. The topological polar surface area (TPSA) is 59.1 Å². The van der Waals surface area contributed by atoms with Gasteiger partial charge in [0.2, 0.25) is 12.7 Å². The molecule has 6 nitrogen and oxygen atoms in total. The predicted octanol–water partition coefficient (Wildman–Crippen LogP) is 2.28. The van der Waals surface area contributed by atoms with Crippen molar-refractivity contribution in [3.05, 3.63) is 23.8 Å². The summed E-state index contributed by atoms with van der Waals surface area (Å²) in [5.74, 6) is 2.11. The highest BCUT2D eigenvalue weighted by atomic mass is 16.7. The number of hydrogen-bond donors (Lipinski definition) is 0. The zero-order valence-electron chi connectivity index (χ0n) is 14.4. The van der Waals surface area contributed by atoms with Crippen LogP contribution >= 0.6 is 0 Å². The van der Waals surface area contributed by atoms with Gasteiger partial charge in [0.15, 0.2) is 11.5 Å². The van der Waals surface area contributed by atoms with E-state index in [2.05, 4.69) is 0 Å². The fourth-order valence-corrected chi connectivity index (χ4v) is 3.96. The van der Waals surface area contributed by atoms with Gasteiger partial charge in [0.1, 0.15) is 0 Å². The molecule has 25 heavy (non-hydrogen) atoms. The van der Waals surface area contributed by atoms with Crippen molar-refractivity contribution < 1.29 is 19.1 Å². The number of ether oxygens (including phenoxy) is 2. The van der Waals surface area contributed by atoms with E-state index in [1.165, 1.54) is 25.7 Å². The summed E-state index contributed by atoms with van der Waals surface area (Å²) < 4.78 is 10.6. The van der Waals surface area contributed by atoms with Crippen molar-refractivity contribution in [3.63, 3.8) is 0 Å². The normalized spacial score (nSPS) is 20.2. The molecule has 3 aliphatic rings. The third kappa shape index (κ3) is 3.43. The van der Waals surface area contributed by atoms with Gasteiger partial charge in [-0.1, -0.05) is 12.8 Å². The van der Waals surface area contributed by atoms with Crippen LogP contribution in [0.1, 0.15) is 42.5 Å². The first kappa shape index (κ1) is 16.2. The first-order chi connectivity index (χ1) is 12.2. The molecule has 1 saturated carbocycles. The largest absolute Gasteiger partial charge is 0.454 e. The highest BCUT2D eigenvalue weighted by molar-refractivity contribution is 5.95. The Kier molecular flexibility index (Phi) is 4.51. The second kappa shape index (κ2) is 6.94. The van der Waals surface area contributed by atoms with Gasteiger partial charge in [-0.05, 0) is 37.0 Å². The Balaban J connectivity index is 1.32. The second-order valence-corrected chi connectivity index (χ2v) is 7.10. The molecule has 1 aliphatic carbocycles. The Labute approximate surface area is 147 Å². The van der Waals surface area contributed by atoms with Crippen molar-refractivity contribution in [3.8, 4) is 11.5 Å². The van der Waals surface area contributed by atoms with Crippen LogP contribution in [0.5, 0.6) is 11.5 Å². The van der Waals surface area contributed by atoms with E-state index >= 15 is 0 Å². The molecule has 4 rings (SSSR count). The molecule has 0 N–H and O–H groups in total. The van der Waals surface area contributed by atoms with E-state index in [-0.39, 0.29) is 18.6 Å². The smallest absolute Gasteiger partial charge is 0.254 e. The van der Waals surface area contributed by atoms with Crippen LogP contribution in [0.2, 0.25) is 0 Å². The van der Waals surface area contributed by atoms with Crippen LogP contribution in [0.4, 0.5) is 0 Å². The molecule has 6 heteroatoms. The molecule has 0 bridgehead atoms. The third-order valence-electron chi connectivity index (χ3n) is 5.48. The number of benzene rings is 1. The number of nitrogens with zero attached hydrogens (tertiary/aromatic N) is 2. The van der Waals surface area contributed by atoms with Crippen molar-refractivity contribution in [2.24, 2.45) is 5.92 Å². The molecule has 0 atom stereocenters. The van der Waals surface area contributed by atoms with Crippen LogP contribution in [0.25, 0.3) is 0 Å². The number of amides is 2. The fourth-order valence-electron chi connectivity index (χ4n) is 3.96. The van der Waals surface area contributed by atoms with Gasteiger partial charge in [-0.3, -0.25) is 9.59 Å². The third-order valence-corrected chi connectivity index (χ3v) is 5.48. The van der Waals surface area contributed by atoms with Crippen molar-refractivity contribution in [2.75, 3.05) is 33.0 Å². The lowest BCUT2D eigenvalue weighted by molar-refractivity contribution is -0.133. The highest BCUT2D eigenvalue weighted by Crippen LogP contribution is 2.33. The van der Waals surface area contributed by atoms with Gasteiger partial charge in [0.05, 0.1) is 0 Å². The Morgan fingerprint density at radius 2 is 1.64 bits per heavy atom. The van der Waals surface area contributed by atoms with Crippen LogP contribution in [0.3, 0.4) is 0 Å². The van der Waals surface area contributed by atoms with Gasteiger partial charge < -0.3 is 19.3 Å². The minimum Gasteiger partial charge on any atom is -0.454 e. The molecular formula is C19H24N2O4. The van der Waals surface area contributed by atoms with Crippen LogP contribution in [-0.2, 0) is 4.79 Å². The van der Waals surface area contributed by atoms with E-state index < -0.39 is 0 Å². The minimum atomic E-state index is -0.0128. The van der Waals surface area contributed by atoms with Gasteiger partial charge in [0, 0.05) is 38.2 Å². The maximum absolute atomic E-state index is 12.7. The SMILES string of the molecule is O=C(CC1CCCC1)N1CCN(C(=O)c2ccc3c(c2)OCO3)CC1. The van der Waals surface area contributed by atoms with Crippen molar-refractivity contribution in [1.29, 1.82) is 0 Å². The Hall–Kier alpha value is -2.24. The average molecular weight is 344 g/mol. The van der Waals surface area contributed by atoms with Crippen LogP contribution < -0.4 is 9.47 Å². The molecule has 2 aliphatic heterocycles. The van der Waals surface area contributed by atoms with Crippen molar-refractivity contribution in [1.82, 2.24) is 9.80 Å². The lowest BCUT2D eigenvalue weighted by atomic mass is 10.0. The number of fused-ring (bicyclic) bond motifs is 1. The molecular weight excluding hydrogens is 320 g/mol. The van der Waals surface area contributed by atoms with Crippen molar-refractivity contribution >= 4 is 11.8 Å². The van der Waals surface area contributed by atoms with Crippen LogP contribution in [-0.4, -0.2) is 54.6 Å². The average Bonchev–Trinajstić information content (AvgIpc) is 3.32. The molecule has 1 saturated heterocycles. The summed E-state index contributed by atoms with van der Waals surface area (Å²) in [5.41, 5.74) is 0.606. The molecule has 1 aromatic carbocycles. The second-order valence-electron chi connectivity index (χ2n) is 7.10. The van der Waals surface area contributed by atoms with Crippen molar-refractivity contribution in [2.45, 2.75) is 32.1 Å². The van der Waals surface area contributed by atoms with Crippen LogP contribution in [0.15, 0.2) is 18.2 Å². The van der Waals surface area contributed by atoms with Gasteiger partial charge in [0.25, 0.3) is 5.91 Å². The summed E-state index contributed by atoms with van der Waals surface area (Å²) in [6, 6.07) is 5.28. The lowest BCUT2D eigenvalue weighted by Gasteiger charge is -2.35. The first-order valence-electron chi connectivity index (χ1n) is 9.17. The Bertz CT molecular complexity index is 661. The van der Waals surface area contributed by atoms with Gasteiger partial charge in [-0.25, -0.2) is 0 Å². The zero-order chi connectivity index (χ0) is 17.2. The molecule has 134 valence electrons. The quantitative estimate of drug-likeness (QED) is 0.844. The van der Waals surface area contributed by atoms with E-state index in [0.29, 0.717) is 55.6 Å². The molecule has 0 radical (unpaired) electrons. The van der Waals surface area contributed by atoms with E-state index in [0.717, 1.165) is 0 Å². The van der Waals surface area contributed by atoms with Gasteiger partial charge >= 0.3 is 0 Å². The molecule has 0 aromatic heterocycles. The van der Waals surface area contributed by atoms with Gasteiger partial charge in [-0.15, -0.1) is 0 Å². The summed E-state index contributed by atoms with van der Waals surface area (Å²) in [6.45, 7) is 2.63. The summed E-state index contributed by atoms with van der Waals surface area (Å²) in [4.78, 5) is 28.8.